The van der Waals surface area contributed by atoms with Crippen LogP contribution >= 0.6 is 0 Å². The first-order valence-corrected chi connectivity index (χ1v) is 18.6. The number of nitrogens with zero attached hydrogens (tertiary/aromatic N) is 2. The Morgan fingerprint density at radius 1 is 0.333 bits per heavy atom. The van der Waals surface area contributed by atoms with E-state index in [2.05, 4.69) is 0 Å². The number of anilines is 2. The largest absolute Gasteiger partial charge is 0.386 e. The molecule has 8 aromatic carbocycles. The average molecular weight is 785 g/mol. The molecule has 0 saturated heterocycles. The molecule has 8 aromatic rings. The fourth-order valence-corrected chi connectivity index (χ4v) is 9.16. The second-order valence-electron chi connectivity index (χ2n) is 14.8. The van der Waals surface area contributed by atoms with Crippen LogP contribution in [0, 0.1) is 0 Å². The molecule has 60 heavy (non-hydrogen) atoms. The van der Waals surface area contributed by atoms with Gasteiger partial charge in [-0.3, -0.25) is 19.2 Å². The summed E-state index contributed by atoms with van der Waals surface area (Å²) in [5.41, 5.74) is 3.37. The van der Waals surface area contributed by atoms with Gasteiger partial charge in [0, 0.05) is 10.8 Å². The zero-order valence-corrected chi connectivity index (χ0v) is 30.5. The van der Waals surface area contributed by atoms with Crippen LogP contribution in [0.4, 0.5) is 11.4 Å². The highest BCUT2D eigenvalue weighted by Gasteiger charge is 2.41. The molecule has 0 unspecified atom stereocenters. The van der Waals surface area contributed by atoms with Gasteiger partial charge in [0.15, 0.2) is 0 Å². The van der Waals surface area contributed by atoms with E-state index in [0.29, 0.717) is 55.2 Å². The van der Waals surface area contributed by atoms with Gasteiger partial charge in [0.1, 0.15) is 0 Å². The number of imide groups is 2. The second-order valence-corrected chi connectivity index (χ2v) is 14.8. The minimum absolute atomic E-state index is 0.0928. The van der Waals surface area contributed by atoms with Crippen molar-refractivity contribution >= 4 is 91.2 Å². The predicted molar refractivity (Wildman–Crippen MR) is 216 cm³/mol. The molecule has 12 nitrogen and oxygen atoms in total. The summed E-state index contributed by atoms with van der Waals surface area (Å²) in [7, 11) is 0. The quantitative estimate of drug-likeness (QED) is 0.0737. The number of hydrogen-bond acceptors (Lipinski definition) is 10. The number of rotatable bonds is 4. The van der Waals surface area contributed by atoms with E-state index >= 15 is 0 Å². The van der Waals surface area contributed by atoms with Crippen LogP contribution in [-0.4, -0.2) is 47.5 Å². The van der Waals surface area contributed by atoms with Crippen LogP contribution in [0.25, 0.3) is 54.6 Å². The van der Waals surface area contributed by atoms with Crippen LogP contribution in [0.1, 0.15) is 82.9 Å². The fraction of sp³-hybridized carbons (Fsp3) is 0. The molecular weight excluding hydrogens is 765 g/mol. The molecule has 12 rings (SSSR count). The van der Waals surface area contributed by atoms with Crippen LogP contribution < -0.4 is 9.80 Å². The number of benzene rings is 8. The van der Waals surface area contributed by atoms with Gasteiger partial charge in [-0.05, 0) is 92.3 Å². The first kappa shape index (κ1) is 33.5. The molecule has 0 aromatic heterocycles. The Morgan fingerprint density at radius 2 is 0.717 bits per heavy atom. The number of fused-ring (bicyclic) bond motifs is 4. The molecule has 0 atom stereocenters. The zero-order chi connectivity index (χ0) is 40.9. The third-order valence-electron chi connectivity index (χ3n) is 11.8. The molecule has 0 fully saturated rings. The van der Waals surface area contributed by atoms with Gasteiger partial charge >= 0.3 is 23.9 Å². The van der Waals surface area contributed by atoms with Gasteiger partial charge in [-0.15, -0.1) is 0 Å². The van der Waals surface area contributed by atoms with Gasteiger partial charge in [0.25, 0.3) is 23.6 Å². The summed E-state index contributed by atoms with van der Waals surface area (Å²) in [4.78, 5) is 109. The van der Waals surface area contributed by atoms with Crippen LogP contribution in [0.5, 0.6) is 0 Å². The second kappa shape index (κ2) is 11.5. The van der Waals surface area contributed by atoms with E-state index in [0.717, 1.165) is 20.6 Å². The van der Waals surface area contributed by atoms with Crippen molar-refractivity contribution in [2.45, 2.75) is 0 Å². The minimum Gasteiger partial charge on any atom is -0.386 e. The molecular formula is C48H20N2O10. The Balaban J connectivity index is 0.946. The summed E-state index contributed by atoms with van der Waals surface area (Å²) in [6.07, 6.45) is 0. The lowest BCUT2D eigenvalue weighted by Gasteiger charge is -2.22. The summed E-state index contributed by atoms with van der Waals surface area (Å²) >= 11 is 0. The van der Waals surface area contributed by atoms with Crippen molar-refractivity contribution in [2.24, 2.45) is 0 Å². The Bertz CT molecular complexity index is 3280. The Labute approximate surface area is 336 Å². The number of hydrogen-bond donors (Lipinski definition) is 0. The molecule has 0 N–H and O–H groups in total. The fourth-order valence-electron chi connectivity index (χ4n) is 9.16. The number of cyclic esters (lactones) is 4. The lowest BCUT2D eigenvalue weighted by atomic mass is 9.92. The van der Waals surface area contributed by atoms with E-state index in [4.69, 9.17) is 9.47 Å². The van der Waals surface area contributed by atoms with Crippen LogP contribution in [0.2, 0.25) is 0 Å². The third-order valence-corrected chi connectivity index (χ3v) is 11.8. The zero-order valence-electron chi connectivity index (χ0n) is 30.5. The molecule has 0 bridgehead atoms. The molecule has 4 aliphatic heterocycles. The molecule has 0 radical (unpaired) electrons. The van der Waals surface area contributed by atoms with Crippen molar-refractivity contribution in [1.29, 1.82) is 0 Å². The maximum Gasteiger partial charge on any atom is 0.347 e. The summed E-state index contributed by atoms with van der Waals surface area (Å²) in [5, 5.41) is 4.17. The van der Waals surface area contributed by atoms with E-state index < -0.39 is 47.5 Å². The predicted octanol–water partition coefficient (Wildman–Crippen LogP) is 8.14. The van der Waals surface area contributed by atoms with Gasteiger partial charge in [-0.1, -0.05) is 72.8 Å². The maximum atomic E-state index is 14.2. The topological polar surface area (TPSA) is 162 Å². The molecule has 12 heteroatoms. The summed E-state index contributed by atoms with van der Waals surface area (Å²) in [6.45, 7) is 0. The molecule has 0 aliphatic carbocycles. The van der Waals surface area contributed by atoms with E-state index in [1.165, 1.54) is 36.4 Å². The molecule has 0 saturated carbocycles. The Kier molecular flexibility index (Phi) is 6.41. The Hall–Kier alpha value is -8.64. The van der Waals surface area contributed by atoms with Crippen LogP contribution in [0.15, 0.2) is 121 Å². The van der Waals surface area contributed by atoms with Crippen molar-refractivity contribution in [3.8, 4) is 22.3 Å². The van der Waals surface area contributed by atoms with Crippen molar-refractivity contribution in [1.82, 2.24) is 0 Å². The SMILES string of the molecule is O=C1OC(=O)c2c1cccc2-c1ccc2c(c1)C(=O)N(c1ccc3ccc4c(N5C(=O)c6ccc(-c7cccc8c7C(=O)OC8=O)cc6C5=O)ccc5ccc1c3c54)C2=O. The highest BCUT2D eigenvalue weighted by molar-refractivity contribution is 6.40. The standard InChI is InChI=1S/C48H20N2O10/c51-41-27-13-9-23(25-3-1-5-31-39(25)47(57)59-45(31)55)19-33(27)43(53)49(41)35-17-11-21-8-16-30-36(18-12-22-7-15-29(35)37(21)38(22)30)50-42(52)28-14-10-24(20-34(28)44(50)54)26-4-2-6-32-40(26)48(58)60-46(32)56/h1-20H. The minimum atomic E-state index is -0.788. The van der Waals surface area contributed by atoms with Crippen molar-refractivity contribution < 1.29 is 47.8 Å². The van der Waals surface area contributed by atoms with Gasteiger partial charge in [0.2, 0.25) is 0 Å². The van der Waals surface area contributed by atoms with E-state index in [-0.39, 0.29) is 44.5 Å². The van der Waals surface area contributed by atoms with E-state index in [1.54, 1.807) is 60.7 Å². The van der Waals surface area contributed by atoms with E-state index in [9.17, 15) is 38.4 Å². The van der Waals surface area contributed by atoms with Crippen LogP contribution in [-0.2, 0) is 9.47 Å². The molecule has 282 valence electrons. The summed E-state index contributed by atoms with van der Waals surface area (Å²) in [5.74, 6) is -5.32. The lowest BCUT2D eigenvalue weighted by Crippen LogP contribution is -2.29. The van der Waals surface area contributed by atoms with Crippen molar-refractivity contribution in [2.75, 3.05) is 9.80 Å². The number of ether oxygens (including phenoxy) is 2. The van der Waals surface area contributed by atoms with Gasteiger partial charge in [-0.25, -0.2) is 29.0 Å². The number of carbonyl (C=O) groups excluding carboxylic acids is 8. The van der Waals surface area contributed by atoms with E-state index in [1.807, 2.05) is 24.3 Å². The van der Waals surface area contributed by atoms with Crippen molar-refractivity contribution in [3.05, 3.63) is 166 Å². The van der Waals surface area contributed by atoms with Crippen molar-refractivity contribution in [3.63, 3.8) is 0 Å². The van der Waals surface area contributed by atoms with Gasteiger partial charge in [-0.2, -0.15) is 0 Å². The third kappa shape index (κ3) is 4.22. The highest BCUT2D eigenvalue weighted by atomic mass is 16.6. The lowest BCUT2D eigenvalue weighted by molar-refractivity contribution is 0.0426. The monoisotopic (exact) mass is 784 g/mol. The molecule has 0 spiro atoms. The summed E-state index contributed by atoms with van der Waals surface area (Å²) in [6, 6.07) is 33.3. The average Bonchev–Trinajstić information content (AvgIpc) is 3.91. The smallest absolute Gasteiger partial charge is 0.347 e. The molecule has 4 heterocycles. The first-order valence-electron chi connectivity index (χ1n) is 18.6. The number of esters is 4. The van der Waals surface area contributed by atoms with Crippen LogP contribution in [0.3, 0.4) is 0 Å². The highest BCUT2D eigenvalue weighted by Crippen LogP contribution is 2.45. The molecule has 4 aliphatic rings. The normalized spacial score (nSPS) is 15.5. The maximum absolute atomic E-state index is 14.2. The first-order chi connectivity index (χ1) is 29.1. The number of amides is 4. The van der Waals surface area contributed by atoms with Gasteiger partial charge in [0.05, 0.1) is 55.9 Å². The summed E-state index contributed by atoms with van der Waals surface area (Å²) < 4.78 is 9.65. The molecule has 4 amide bonds. The van der Waals surface area contributed by atoms with Gasteiger partial charge < -0.3 is 9.47 Å². The number of carbonyl (C=O) groups is 8. The Morgan fingerprint density at radius 3 is 1.15 bits per heavy atom.